The monoisotopic (exact) mass is 262 g/mol. The molecule has 0 aliphatic carbocycles. The lowest BCUT2D eigenvalue weighted by Gasteiger charge is -2.34. The van der Waals surface area contributed by atoms with Crippen molar-refractivity contribution in [3.63, 3.8) is 0 Å². The van der Waals surface area contributed by atoms with Crippen LogP contribution in [0.5, 0.6) is 0 Å². The van der Waals surface area contributed by atoms with Crippen molar-refractivity contribution in [3.8, 4) is 0 Å². The minimum atomic E-state index is -6.30. The van der Waals surface area contributed by atoms with Crippen LogP contribution in [0.25, 0.3) is 0 Å². The summed E-state index contributed by atoms with van der Waals surface area (Å²) in [4.78, 5) is 0. The van der Waals surface area contributed by atoms with Crippen LogP contribution >= 0.6 is 11.1 Å². The molecule has 0 radical (unpaired) electrons. The maximum atomic E-state index is 12.7. The van der Waals surface area contributed by atoms with Gasteiger partial charge in [-0.1, -0.05) is 13.1 Å². The van der Waals surface area contributed by atoms with Crippen molar-refractivity contribution in [1.82, 2.24) is 0 Å². The molecule has 9 heteroatoms. The van der Waals surface area contributed by atoms with Gasteiger partial charge in [-0.25, -0.2) is 8.78 Å². The standard InChI is InChI=1S/C5H6ClF7Si/c1-14(2,6)5(12,13)3(7,8)4(9,10)11/h1-2H3. The van der Waals surface area contributed by atoms with E-state index in [4.69, 9.17) is 11.1 Å². The summed E-state index contributed by atoms with van der Waals surface area (Å²) in [6.45, 7) is 1.04. The summed E-state index contributed by atoms with van der Waals surface area (Å²) in [6.07, 6.45) is -6.30. The molecule has 0 aromatic heterocycles. The Balaban J connectivity index is 5.30. The van der Waals surface area contributed by atoms with Crippen molar-refractivity contribution < 1.29 is 30.7 Å². The molecule has 0 aliphatic rings. The average molecular weight is 263 g/mol. The lowest BCUT2D eigenvalue weighted by molar-refractivity contribution is -0.334. The third-order valence-corrected chi connectivity index (χ3v) is 4.02. The van der Waals surface area contributed by atoms with Crippen LogP contribution < -0.4 is 0 Å². The smallest absolute Gasteiger partial charge is 0.203 e. The Morgan fingerprint density at radius 1 is 0.857 bits per heavy atom. The Kier molecular flexibility index (Phi) is 3.26. The number of rotatable bonds is 2. The number of hydrogen-bond acceptors (Lipinski definition) is 0. The largest absolute Gasteiger partial charge is 0.459 e. The second kappa shape index (κ2) is 3.26. The Labute approximate surface area is 80.7 Å². The van der Waals surface area contributed by atoms with Crippen LogP contribution in [0.3, 0.4) is 0 Å². The van der Waals surface area contributed by atoms with Gasteiger partial charge < -0.3 is 0 Å². The quantitative estimate of drug-likeness (QED) is 0.403. The van der Waals surface area contributed by atoms with Gasteiger partial charge in [0.1, 0.15) is 0 Å². The molecule has 14 heavy (non-hydrogen) atoms. The average Bonchev–Trinajstić information content (AvgIpc) is 1.81. The number of halogens is 8. The molecular formula is C5H6ClF7Si. The molecule has 0 aliphatic heterocycles. The molecule has 0 aromatic rings. The normalized spacial score (nSPS) is 15.9. The minimum absolute atomic E-state index is 0.522. The first kappa shape index (κ1) is 14.0. The Hall–Kier alpha value is 0.0169. The molecule has 0 aromatic carbocycles. The molecule has 0 atom stereocenters. The van der Waals surface area contributed by atoms with Crippen molar-refractivity contribution >= 4 is 18.5 Å². The van der Waals surface area contributed by atoms with E-state index in [0.29, 0.717) is 13.1 Å². The first-order valence-corrected chi connectivity index (χ1v) is 7.27. The van der Waals surface area contributed by atoms with Crippen molar-refractivity contribution in [2.24, 2.45) is 0 Å². The van der Waals surface area contributed by atoms with Crippen molar-refractivity contribution in [3.05, 3.63) is 0 Å². The van der Waals surface area contributed by atoms with Gasteiger partial charge in [0.05, 0.1) is 0 Å². The predicted molar refractivity (Wildman–Crippen MR) is 39.3 cm³/mol. The van der Waals surface area contributed by atoms with E-state index in [9.17, 15) is 30.7 Å². The highest BCUT2D eigenvalue weighted by Crippen LogP contribution is 2.51. The fraction of sp³-hybridized carbons (Fsp3) is 1.00. The summed E-state index contributed by atoms with van der Waals surface area (Å²) >= 11 is 4.92. The Bertz CT molecular complexity index is 191. The van der Waals surface area contributed by atoms with Crippen LogP contribution in [0.1, 0.15) is 0 Å². The van der Waals surface area contributed by atoms with Gasteiger partial charge in [0.2, 0.25) is 7.38 Å². The minimum Gasteiger partial charge on any atom is -0.203 e. The van der Waals surface area contributed by atoms with Crippen LogP contribution in [0, 0.1) is 0 Å². The van der Waals surface area contributed by atoms with Crippen molar-refractivity contribution in [1.29, 1.82) is 0 Å². The lowest BCUT2D eigenvalue weighted by atomic mass is 10.3. The van der Waals surface area contributed by atoms with Gasteiger partial charge in [-0.05, 0) is 0 Å². The first-order chi connectivity index (χ1) is 5.75. The molecule has 0 heterocycles. The third kappa shape index (κ3) is 2.00. The molecule has 0 bridgehead atoms. The maximum Gasteiger partial charge on any atom is 0.459 e. The molecule has 0 N–H and O–H groups in total. The van der Waals surface area contributed by atoms with E-state index in [1.165, 1.54) is 0 Å². The van der Waals surface area contributed by atoms with E-state index in [2.05, 4.69) is 0 Å². The Morgan fingerprint density at radius 3 is 1.21 bits per heavy atom. The molecule has 0 saturated carbocycles. The van der Waals surface area contributed by atoms with Gasteiger partial charge in [-0.3, -0.25) is 0 Å². The van der Waals surface area contributed by atoms with Crippen LogP contribution in [-0.2, 0) is 0 Å². The molecule has 0 fully saturated rings. The van der Waals surface area contributed by atoms with E-state index < -0.39 is 25.0 Å². The predicted octanol–water partition coefficient (Wildman–Crippen LogP) is 3.80. The van der Waals surface area contributed by atoms with Crippen LogP contribution in [0.2, 0.25) is 13.1 Å². The third-order valence-electron chi connectivity index (χ3n) is 1.50. The summed E-state index contributed by atoms with van der Waals surface area (Å²) in [5, 5.41) is 0. The van der Waals surface area contributed by atoms with Gasteiger partial charge >= 0.3 is 17.6 Å². The van der Waals surface area contributed by atoms with Crippen LogP contribution in [0.4, 0.5) is 30.7 Å². The van der Waals surface area contributed by atoms with Gasteiger partial charge in [0.25, 0.3) is 0 Å². The Morgan fingerprint density at radius 2 is 1.14 bits per heavy atom. The van der Waals surface area contributed by atoms with E-state index >= 15 is 0 Å². The van der Waals surface area contributed by atoms with E-state index in [0.717, 1.165) is 0 Å². The lowest BCUT2D eigenvalue weighted by Crippen LogP contribution is -2.62. The molecule has 0 nitrogen and oxygen atoms in total. The second-order valence-corrected chi connectivity index (χ2v) is 9.53. The van der Waals surface area contributed by atoms with Crippen LogP contribution in [0.15, 0.2) is 0 Å². The van der Waals surface area contributed by atoms with Crippen LogP contribution in [-0.4, -0.2) is 25.0 Å². The second-order valence-electron chi connectivity index (χ2n) is 3.12. The highest BCUT2D eigenvalue weighted by Gasteiger charge is 2.77. The highest BCUT2D eigenvalue weighted by molar-refractivity contribution is 7.20. The zero-order chi connectivity index (χ0) is 12.0. The van der Waals surface area contributed by atoms with Gasteiger partial charge in [0, 0.05) is 0 Å². The van der Waals surface area contributed by atoms with Crippen molar-refractivity contribution in [2.75, 3.05) is 0 Å². The summed E-state index contributed by atoms with van der Waals surface area (Å²) in [5.74, 6) is -6.09. The summed E-state index contributed by atoms with van der Waals surface area (Å²) in [5.41, 5.74) is -5.24. The molecule has 0 saturated heterocycles. The topological polar surface area (TPSA) is 0 Å². The molecular weight excluding hydrogens is 257 g/mol. The van der Waals surface area contributed by atoms with E-state index in [1.807, 2.05) is 0 Å². The maximum absolute atomic E-state index is 12.7. The summed E-state index contributed by atoms with van der Waals surface area (Å²) in [6, 6.07) is 0. The van der Waals surface area contributed by atoms with Gasteiger partial charge in [-0.2, -0.15) is 33.0 Å². The first-order valence-electron chi connectivity index (χ1n) is 3.26. The molecule has 0 amide bonds. The number of hydrogen-bond donors (Lipinski definition) is 0. The van der Waals surface area contributed by atoms with E-state index in [-0.39, 0.29) is 0 Å². The van der Waals surface area contributed by atoms with E-state index in [1.54, 1.807) is 0 Å². The fourth-order valence-corrected chi connectivity index (χ4v) is 1.80. The zero-order valence-corrected chi connectivity index (χ0v) is 8.78. The number of alkyl halides is 7. The van der Waals surface area contributed by atoms with Gasteiger partial charge in [0.15, 0.2) is 0 Å². The SMILES string of the molecule is C[Si](C)(Cl)C(F)(F)C(F)(F)C(F)(F)F. The molecule has 0 rings (SSSR count). The van der Waals surface area contributed by atoms with Gasteiger partial charge in [-0.15, -0.1) is 0 Å². The fourth-order valence-electron chi connectivity index (χ4n) is 0.551. The summed E-state index contributed by atoms with van der Waals surface area (Å²) < 4.78 is 84.7. The van der Waals surface area contributed by atoms with Crippen molar-refractivity contribution in [2.45, 2.75) is 30.7 Å². The molecule has 86 valence electrons. The molecule has 0 unspecified atom stereocenters. The zero-order valence-electron chi connectivity index (χ0n) is 7.02. The highest BCUT2D eigenvalue weighted by atomic mass is 35.6. The molecule has 0 spiro atoms. The summed E-state index contributed by atoms with van der Waals surface area (Å²) in [7, 11) is -4.46.